The summed E-state index contributed by atoms with van der Waals surface area (Å²) in [6.45, 7) is 2.06. The quantitative estimate of drug-likeness (QED) is 0.739. The number of benzene rings is 1. The predicted molar refractivity (Wildman–Crippen MR) is 56.6 cm³/mol. The number of nitrogens with zero attached hydrogens (tertiary/aromatic N) is 2. The Bertz CT molecular complexity index is 435. The lowest BCUT2D eigenvalue weighted by Gasteiger charge is -2.04. The van der Waals surface area contributed by atoms with Crippen LogP contribution in [0.5, 0.6) is 0 Å². The average molecular weight is 185 g/mol. The van der Waals surface area contributed by atoms with Crippen LogP contribution in [0.1, 0.15) is 5.56 Å². The van der Waals surface area contributed by atoms with E-state index in [1.807, 2.05) is 18.2 Å². The van der Waals surface area contributed by atoms with E-state index in [1.165, 1.54) is 5.56 Å². The van der Waals surface area contributed by atoms with Crippen molar-refractivity contribution in [2.75, 3.05) is 5.73 Å². The molecule has 14 heavy (non-hydrogen) atoms. The number of aromatic nitrogens is 2. The molecule has 0 amide bonds. The van der Waals surface area contributed by atoms with Gasteiger partial charge in [-0.15, -0.1) is 0 Å². The maximum Gasteiger partial charge on any atom is 0.219 e. The first-order valence-electron chi connectivity index (χ1n) is 4.41. The number of rotatable bonds is 1. The highest BCUT2D eigenvalue weighted by Crippen LogP contribution is 2.21. The fourth-order valence-corrected chi connectivity index (χ4v) is 1.37. The monoisotopic (exact) mass is 185 g/mol. The minimum atomic E-state index is 0.308. The van der Waals surface area contributed by atoms with Crippen molar-refractivity contribution in [3.8, 4) is 11.1 Å². The summed E-state index contributed by atoms with van der Waals surface area (Å²) in [7, 11) is 0. The van der Waals surface area contributed by atoms with Gasteiger partial charge in [0.2, 0.25) is 5.95 Å². The number of nitrogen functional groups attached to an aromatic ring is 1. The molecule has 3 heteroatoms. The van der Waals surface area contributed by atoms with E-state index in [4.69, 9.17) is 5.73 Å². The van der Waals surface area contributed by atoms with E-state index in [-0.39, 0.29) is 0 Å². The van der Waals surface area contributed by atoms with Crippen LogP contribution >= 0.6 is 0 Å². The Morgan fingerprint density at radius 1 is 1.07 bits per heavy atom. The molecule has 2 aromatic rings. The Hall–Kier alpha value is -1.90. The molecule has 0 bridgehead atoms. The summed E-state index contributed by atoms with van der Waals surface area (Å²) in [6.07, 6.45) is 3.48. The largest absolute Gasteiger partial charge is 0.368 e. The second-order valence-electron chi connectivity index (χ2n) is 3.14. The smallest absolute Gasteiger partial charge is 0.219 e. The number of aryl methyl sites for hydroxylation is 1. The van der Waals surface area contributed by atoms with Crippen LogP contribution in [0.2, 0.25) is 0 Å². The molecule has 2 rings (SSSR count). The zero-order chi connectivity index (χ0) is 9.97. The number of nitrogens with two attached hydrogens (primary N) is 1. The molecule has 0 fully saturated rings. The molecule has 3 nitrogen and oxygen atoms in total. The molecule has 0 spiro atoms. The lowest BCUT2D eigenvalue weighted by molar-refractivity contribution is 1.19. The van der Waals surface area contributed by atoms with E-state index in [2.05, 4.69) is 23.0 Å². The Morgan fingerprint density at radius 3 is 2.36 bits per heavy atom. The van der Waals surface area contributed by atoms with Crippen molar-refractivity contribution < 1.29 is 0 Å². The fourth-order valence-electron chi connectivity index (χ4n) is 1.37. The maximum atomic E-state index is 5.42. The van der Waals surface area contributed by atoms with Gasteiger partial charge in [0.25, 0.3) is 0 Å². The van der Waals surface area contributed by atoms with Crippen LogP contribution < -0.4 is 5.73 Å². The first-order valence-corrected chi connectivity index (χ1v) is 4.41. The molecular formula is C11H11N3. The highest BCUT2D eigenvalue weighted by molar-refractivity contribution is 5.65. The van der Waals surface area contributed by atoms with Crippen LogP contribution in [0, 0.1) is 6.92 Å². The van der Waals surface area contributed by atoms with Gasteiger partial charge in [-0.1, -0.05) is 24.3 Å². The van der Waals surface area contributed by atoms with Crippen LogP contribution in [-0.2, 0) is 0 Å². The molecule has 1 heterocycles. The second-order valence-corrected chi connectivity index (χ2v) is 3.14. The summed E-state index contributed by atoms with van der Waals surface area (Å²) < 4.78 is 0. The van der Waals surface area contributed by atoms with Gasteiger partial charge in [-0.25, -0.2) is 9.97 Å². The van der Waals surface area contributed by atoms with Gasteiger partial charge in [0, 0.05) is 18.0 Å². The van der Waals surface area contributed by atoms with Gasteiger partial charge in [0.15, 0.2) is 0 Å². The Morgan fingerprint density at radius 2 is 1.71 bits per heavy atom. The number of hydrogen-bond acceptors (Lipinski definition) is 3. The third-order valence-electron chi connectivity index (χ3n) is 2.13. The SMILES string of the molecule is Cc1ccccc1-c1cnc(N)nc1. The van der Waals surface area contributed by atoms with Crippen molar-refractivity contribution in [1.29, 1.82) is 0 Å². The molecule has 0 aliphatic carbocycles. The molecule has 0 saturated carbocycles. The lowest BCUT2D eigenvalue weighted by atomic mass is 10.0. The third-order valence-corrected chi connectivity index (χ3v) is 2.13. The van der Waals surface area contributed by atoms with Crippen molar-refractivity contribution in [3.05, 3.63) is 42.2 Å². The van der Waals surface area contributed by atoms with Crippen LogP contribution in [-0.4, -0.2) is 9.97 Å². The minimum Gasteiger partial charge on any atom is -0.368 e. The molecule has 0 aliphatic heterocycles. The summed E-state index contributed by atoms with van der Waals surface area (Å²) in [5.41, 5.74) is 8.77. The van der Waals surface area contributed by atoms with Gasteiger partial charge in [-0.05, 0) is 18.1 Å². The van der Waals surface area contributed by atoms with Crippen molar-refractivity contribution in [2.24, 2.45) is 0 Å². The number of anilines is 1. The van der Waals surface area contributed by atoms with E-state index in [0.717, 1.165) is 11.1 Å². The minimum absolute atomic E-state index is 0.308. The molecule has 70 valence electrons. The van der Waals surface area contributed by atoms with Crippen LogP contribution in [0.15, 0.2) is 36.7 Å². The third kappa shape index (κ3) is 1.57. The molecule has 2 N–H and O–H groups in total. The summed E-state index contributed by atoms with van der Waals surface area (Å²) in [6, 6.07) is 8.12. The zero-order valence-corrected chi connectivity index (χ0v) is 7.94. The van der Waals surface area contributed by atoms with Crippen LogP contribution in [0.25, 0.3) is 11.1 Å². The van der Waals surface area contributed by atoms with E-state index >= 15 is 0 Å². The summed E-state index contributed by atoms with van der Waals surface area (Å²) >= 11 is 0. The van der Waals surface area contributed by atoms with Crippen molar-refractivity contribution in [3.63, 3.8) is 0 Å². The first kappa shape index (κ1) is 8.69. The standard InChI is InChI=1S/C11H11N3/c1-8-4-2-3-5-10(8)9-6-13-11(12)14-7-9/h2-7H,1H3,(H2,12,13,14). The van der Waals surface area contributed by atoms with Gasteiger partial charge in [-0.2, -0.15) is 0 Å². The number of hydrogen-bond donors (Lipinski definition) is 1. The Labute approximate surface area is 82.6 Å². The summed E-state index contributed by atoms with van der Waals surface area (Å²) in [4.78, 5) is 7.93. The molecule has 0 saturated heterocycles. The van der Waals surface area contributed by atoms with Crippen molar-refractivity contribution in [2.45, 2.75) is 6.92 Å². The predicted octanol–water partition coefficient (Wildman–Crippen LogP) is 2.03. The maximum absolute atomic E-state index is 5.42. The van der Waals surface area contributed by atoms with Crippen molar-refractivity contribution >= 4 is 5.95 Å². The first-order chi connectivity index (χ1) is 6.77. The second kappa shape index (κ2) is 3.46. The Balaban J connectivity index is 2.50. The molecule has 0 aliphatic rings. The molecule has 0 unspecified atom stereocenters. The van der Waals surface area contributed by atoms with E-state index in [0.29, 0.717) is 5.95 Å². The summed E-state index contributed by atoms with van der Waals surface area (Å²) in [5.74, 6) is 0.308. The molecule has 0 radical (unpaired) electrons. The molecule has 0 atom stereocenters. The zero-order valence-electron chi connectivity index (χ0n) is 7.94. The van der Waals surface area contributed by atoms with Gasteiger partial charge in [-0.3, -0.25) is 0 Å². The van der Waals surface area contributed by atoms with E-state index in [9.17, 15) is 0 Å². The highest BCUT2D eigenvalue weighted by Gasteiger charge is 2.00. The topological polar surface area (TPSA) is 51.8 Å². The molecule has 1 aromatic carbocycles. The van der Waals surface area contributed by atoms with E-state index in [1.54, 1.807) is 12.4 Å². The van der Waals surface area contributed by atoms with E-state index < -0.39 is 0 Å². The average Bonchev–Trinajstić information content (AvgIpc) is 2.20. The highest BCUT2D eigenvalue weighted by atomic mass is 15.0. The fraction of sp³-hybridized carbons (Fsp3) is 0.0909. The van der Waals surface area contributed by atoms with Gasteiger partial charge >= 0.3 is 0 Å². The lowest BCUT2D eigenvalue weighted by Crippen LogP contribution is -1.94. The van der Waals surface area contributed by atoms with Crippen LogP contribution in [0.4, 0.5) is 5.95 Å². The van der Waals surface area contributed by atoms with Gasteiger partial charge < -0.3 is 5.73 Å². The normalized spacial score (nSPS) is 10.1. The van der Waals surface area contributed by atoms with Crippen LogP contribution in [0.3, 0.4) is 0 Å². The summed E-state index contributed by atoms with van der Waals surface area (Å²) in [5, 5.41) is 0. The molecular weight excluding hydrogens is 174 g/mol. The Kier molecular flexibility index (Phi) is 2.14. The van der Waals surface area contributed by atoms with Crippen molar-refractivity contribution in [1.82, 2.24) is 9.97 Å². The van der Waals surface area contributed by atoms with Gasteiger partial charge in [0.05, 0.1) is 0 Å². The van der Waals surface area contributed by atoms with Gasteiger partial charge in [0.1, 0.15) is 0 Å². The molecule has 1 aromatic heterocycles.